The average molecular weight is 398 g/mol. The van der Waals surface area contributed by atoms with E-state index in [-0.39, 0.29) is 0 Å². The summed E-state index contributed by atoms with van der Waals surface area (Å²) >= 11 is 1.67. The number of fused-ring (bicyclic) bond motifs is 4. The minimum absolute atomic E-state index is 0.299. The van der Waals surface area contributed by atoms with Crippen LogP contribution in [0.15, 0.2) is 30.3 Å². The predicted molar refractivity (Wildman–Crippen MR) is 115 cm³/mol. The number of thiazole rings is 1. The van der Waals surface area contributed by atoms with Crippen LogP contribution in [-0.4, -0.2) is 52.9 Å². The van der Waals surface area contributed by atoms with Gasteiger partial charge in [0.05, 0.1) is 17.1 Å². The molecule has 0 spiro atoms. The van der Waals surface area contributed by atoms with Crippen LogP contribution in [0.2, 0.25) is 0 Å². The molecule has 3 fully saturated rings. The molecule has 1 aromatic heterocycles. The summed E-state index contributed by atoms with van der Waals surface area (Å²) in [5.74, 6) is 0.927. The van der Waals surface area contributed by atoms with E-state index >= 15 is 0 Å². The molecule has 28 heavy (non-hydrogen) atoms. The molecule has 2 bridgehead atoms. The zero-order valence-corrected chi connectivity index (χ0v) is 17.9. The number of carbonyl (C=O) groups is 1. The molecule has 4 nitrogen and oxygen atoms in total. The Balaban J connectivity index is 1.33. The van der Waals surface area contributed by atoms with Crippen LogP contribution in [0.3, 0.4) is 0 Å². The van der Waals surface area contributed by atoms with E-state index in [1.165, 1.54) is 18.4 Å². The van der Waals surface area contributed by atoms with E-state index in [1.54, 1.807) is 11.3 Å². The summed E-state index contributed by atoms with van der Waals surface area (Å²) < 4.78 is 0. The first-order valence-corrected chi connectivity index (χ1v) is 11.4. The number of piperidine rings is 1. The van der Waals surface area contributed by atoms with Gasteiger partial charge in [0.15, 0.2) is 0 Å². The molecule has 150 valence electrons. The fourth-order valence-corrected chi connectivity index (χ4v) is 5.72. The number of aryl methyl sites for hydroxylation is 3. The van der Waals surface area contributed by atoms with E-state index in [9.17, 15) is 4.79 Å². The summed E-state index contributed by atoms with van der Waals surface area (Å²) in [4.78, 5) is 23.5. The molecule has 0 N–H and O–H groups in total. The van der Waals surface area contributed by atoms with Gasteiger partial charge in [0, 0.05) is 30.6 Å². The molecular formula is C23H31N3OS. The largest absolute Gasteiger partial charge is 0.338 e. The maximum atomic E-state index is 13.1. The van der Waals surface area contributed by atoms with Crippen molar-refractivity contribution < 1.29 is 4.79 Å². The van der Waals surface area contributed by atoms with Crippen molar-refractivity contribution >= 4 is 17.2 Å². The lowest BCUT2D eigenvalue weighted by Crippen LogP contribution is -2.48. The quantitative estimate of drug-likeness (QED) is 0.743. The maximum absolute atomic E-state index is 13.1. The lowest BCUT2D eigenvalue weighted by atomic mass is 9.94. The van der Waals surface area contributed by atoms with Gasteiger partial charge in [-0.2, -0.15) is 0 Å². The normalized spacial score (nSPS) is 22.4. The molecule has 2 atom stereocenters. The number of hydrogen-bond donors (Lipinski definition) is 0. The van der Waals surface area contributed by atoms with Gasteiger partial charge >= 0.3 is 0 Å². The number of rotatable bonds is 6. The molecule has 1 aromatic carbocycles. The van der Waals surface area contributed by atoms with Crippen molar-refractivity contribution in [3.8, 4) is 0 Å². The second-order valence-corrected chi connectivity index (χ2v) is 9.70. The van der Waals surface area contributed by atoms with Crippen molar-refractivity contribution in [3.05, 3.63) is 51.5 Å². The molecule has 4 heterocycles. The Kier molecular flexibility index (Phi) is 6.12. The van der Waals surface area contributed by atoms with E-state index in [0.29, 0.717) is 24.3 Å². The second-order valence-electron chi connectivity index (χ2n) is 8.41. The zero-order valence-electron chi connectivity index (χ0n) is 17.1. The van der Waals surface area contributed by atoms with E-state index in [2.05, 4.69) is 45.1 Å². The molecule has 0 radical (unpaired) electrons. The van der Waals surface area contributed by atoms with Gasteiger partial charge in [-0.15, -0.1) is 11.3 Å². The first kappa shape index (κ1) is 19.6. The summed E-state index contributed by atoms with van der Waals surface area (Å²) in [6.07, 6.45) is 5.28. The van der Waals surface area contributed by atoms with Gasteiger partial charge in [-0.3, -0.25) is 4.79 Å². The molecule has 3 aliphatic heterocycles. The lowest BCUT2D eigenvalue weighted by molar-refractivity contribution is -0.134. The van der Waals surface area contributed by atoms with Crippen molar-refractivity contribution in [2.24, 2.45) is 5.92 Å². The third kappa shape index (κ3) is 4.64. The molecule has 2 aromatic rings. The van der Waals surface area contributed by atoms with E-state index < -0.39 is 0 Å². The van der Waals surface area contributed by atoms with Crippen molar-refractivity contribution in [3.63, 3.8) is 0 Å². The Morgan fingerprint density at radius 1 is 1.14 bits per heavy atom. The Morgan fingerprint density at radius 2 is 1.96 bits per heavy atom. The minimum atomic E-state index is 0.299. The van der Waals surface area contributed by atoms with Gasteiger partial charge in [-0.05, 0) is 57.6 Å². The van der Waals surface area contributed by atoms with Crippen molar-refractivity contribution in [2.45, 2.75) is 52.0 Å². The van der Waals surface area contributed by atoms with Crippen LogP contribution in [0.4, 0.5) is 0 Å². The highest BCUT2D eigenvalue weighted by Crippen LogP contribution is 2.29. The average Bonchev–Trinajstić information content (AvgIpc) is 2.85. The Labute approximate surface area is 172 Å². The molecule has 0 unspecified atom stereocenters. The molecular weight excluding hydrogens is 366 g/mol. The van der Waals surface area contributed by atoms with Gasteiger partial charge in [0.2, 0.25) is 5.91 Å². The molecule has 5 heteroatoms. The van der Waals surface area contributed by atoms with E-state index in [4.69, 9.17) is 0 Å². The predicted octanol–water partition coefficient (Wildman–Crippen LogP) is 3.86. The third-order valence-corrected chi connectivity index (χ3v) is 7.28. The van der Waals surface area contributed by atoms with Crippen LogP contribution in [0, 0.1) is 19.8 Å². The number of benzene rings is 1. The molecule has 0 aliphatic carbocycles. The number of hydrogen-bond acceptors (Lipinski definition) is 4. The Bertz CT molecular complexity index is 803. The van der Waals surface area contributed by atoms with E-state index in [1.807, 2.05) is 13.8 Å². The van der Waals surface area contributed by atoms with Crippen LogP contribution in [0.5, 0.6) is 0 Å². The molecule has 1 amide bonds. The van der Waals surface area contributed by atoms with Gasteiger partial charge in [0.25, 0.3) is 0 Å². The first-order valence-electron chi connectivity index (χ1n) is 10.6. The number of amides is 1. The van der Waals surface area contributed by atoms with Crippen LogP contribution >= 0.6 is 11.3 Å². The van der Waals surface area contributed by atoms with E-state index in [0.717, 1.165) is 54.6 Å². The Morgan fingerprint density at radius 3 is 2.71 bits per heavy atom. The molecule has 0 saturated carbocycles. The van der Waals surface area contributed by atoms with Crippen molar-refractivity contribution in [1.82, 2.24) is 14.8 Å². The summed E-state index contributed by atoms with van der Waals surface area (Å²) in [7, 11) is 0. The smallest absolute Gasteiger partial charge is 0.228 e. The summed E-state index contributed by atoms with van der Waals surface area (Å²) in [5, 5.41) is 1.06. The van der Waals surface area contributed by atoms with Crippen LogP contribution < -0.4 is 0 Å². The fourth-order valence-electron chi connectivity index (χ4n) is 4.79. The monoisotopic (exact) mass is 397 g/mol. The topological polar surface area (TPSA) is 36.4 Å². The SMILES string of the molecule is Cc1nc(C)c(CC(=O)N2C[C@H]3CC[C@@H]2CN(CCCc2ccccc2)C3)s1. The third-order valence-electron chi connectivity index (χ3n) is 6.20. The fraction of sp³-hybridized carbons (Fsp3) is 0.565. The summed E-state index contributed by atoms with van der Waals surface area (Å²) in [6, 6.07) is 11.1. The number of aromatic nitrogens is 1. The number of carbonyl (C=O) groups excluding carboxylic acids is 1. The minimum Gasteiger partial charge on any atom is -0.338 e. The highest BCUT2D eigenvalue weighted by Gasteiger charge is 2.37. The van der Waals surface area contributed by atoms with Gasteiger partial charge < -0.3 is 9.80 Å². The highest BCUT2D eigenvalue weighted by molar-refractivity contribution is 7.11. The first-order chi connectivity index (χ1) is 13.6. The van der Waals surface area contributed by atoms with Crippen molar-refractivity contribution in [1.29, 1.82) is 0 Å². The summed E-state index contributed by atoms with van der Waals surface area (Å²) in [6.45, 7) is 8.31. The molecule has 3 saturated heterocycles. The van der Waals surface area contributed by atoms with Gasteiger partial charge in [0.1, 0.15) is 0 Å². The highest BCUT2D eigenvalue weighted by atomic mass is 32.1. The van der Waals surface area contributed by atoms with Gasteiger partial charge in [-0.25, -0.2) is 4.98 Å². The van der Waals surface area contributed by atoms with Gasteiger partial charge in [-0.1, -0.05) is 30.3 Å². The van der Waals surface area contributed by atoms with Crippen LogP contribution in [0.1, 0.15) is 40.4 Å². The van der Waals surface area contributed by atoms with Crippen LogP contribution in [-0.2, 0) is 17.6 Å². The standard InChI is InChI=1S/C23H31N3OS/c1-17-22(28-18(2)24-17)13-23(27)26-15-20-10-11-21(26)16-25(14-20)12-6-9-19-7-4-3-5-8-19/h3-5,7-8,20-21H,6,9-16H2,1-2H3/t20-,21+/m0/s1. The molecule has 5 rings (SSSR count). The van der Waals surface area contributed by atoms with Crippen molar-refractivity contribution in [2.75, 3.05) is 26.2 Å². The zero-order chi connectivity index (χ0) is 19.5. The second kappa shape index (κ2) is 8.75. The maximum Gasteiger partial charge on any atom is 0.228 e. The number of nitrogens with zero attached hydrogens (tertiary/aromatic N) is 3. The lowest BCUT2D eigenvalue weighted by Gasteiger charge is -2.36. The Hall–Kier alpha value is -1.72. The molecule has 3 aliphatic rings. The summed E-state index contributed by atoms with van der Waals surface area (Å²) in [5.41, 5.74) is 2.45. The van der Waals surface area contributed by atoms with Crippen LogP contribution in [0.25, 0.3) is 0 Å².